The lowest BCUT2D eigenvalue weighted by Crippen LogP contribution is -2.97. The van der Waals surface area contributed by atoms with Crippen molar-refractivity contribution in [2.24, 2.45) is 0 Å². The van der Waals surface area contributed by atoms with E-state index in [1.165, 1.54) is 63.9 Å². The van der Waals surface area contributed by atoms with E-state index in [0.717, 1.165) is 80.3 Å². The van der Waals surface area contributed by atoms with Gasteiger partial charge in [-0.1, -0.05) is 76.3 Å². The van der Waals surface area contributed by atoms with E-state index in [1.807, 2.05) is 12.4 Å². The van der Waals surface area contributed by atoms with Gasteiger partial charge in [0, 0.05) is 136 Å². The van der Waals surface area contributed by atoms with Gasteiger partial charge in [0.05, 0.1) is 12.4 Å². The number of nitrogens with zero attached hydrogens (tertiary/aromatic N) is 4. The number of anilines is 4. The molecular formula is C56H70N6+2. The zero-order valence-corrected chi connectivity index (χ0v) is 38.4. The molecule has 0 saturated heterocycles. The van der Waals surface area contributed by atoms with Crippen LogP contribution in [0.1, 0.15) is 79.1 Å². The van der Waals surface area contributed by atoms with Crippen LogP contribution in [-0.2, 0) is 0 Å². The zero-order chi connectivity index (χ0) is 44.1. The average molecular weight is 827 g/mol. The summed E-state index contributed by atoms with van der Waals surface area (Å²) in [6.45, 7) is 20.3. The van der Waals surface area contributed by atoms with Crippen LogP contribution in [0.25, 0.3) is 0 Å². The summed E-state index contributed by atoms with van der Waals surface area (Å²) < 4.78 is 0. The molecular weight excluding hydrogens is 757 g/mol. The molecule has 0 spiro atoms. The first-order valence-corrected chi connectivity index (χ1v) is 22.8. The van der Waals surface area contributed by atoms with Crippen LogP contribution in [0, 0.1) is 0 Å². The van der Waals surface area contributed by atoms with Crippen molar-refractivity contribution < 1.29 is 9.80 Å². The van der Waals surface area contributed by atoms with E-state index >= 15 is 0 Å². The van der Waals surface area contributed by atoms with Gasteiger partial charge in [-0.15, -0.1) is 0 Å². The average Bonchev–Trinajstić information content (AvgIpc) is 3.31. The Kier molecular flexibility index (Phi) is 18.8. The Morgan fingerprint density at radius 2 is 0.629 bits per heavy atom. The molecule has 5 aromatic carbocycles. The van der Waals surface area contributed by atoms with Crippen LogP contribution in [0.4, 0.5) is 56.9 Å². The Hall–Kier alpha value is -6.18. The number of hydrogen-bond donors (Lipinski definition) is 2. The van der Waals surface area contributed by atoms with E-state index in [-0.39, 0.29) is 0 Å². The minimum atomic E-state index is 0.906. The number of hydrogen-bond acceptors (Lipinski definition) is 4. The molecule has 322 valence electrons. The molecule has 5 rings (SSSR count). The SMILES string of the molecule is C=C=C=CN(CCCC)c1ccc([NH+](c2ccc(N(C=C=C=C)CCCC)cc2)c2ccc([NH+](c3ccc(N(C)CCCC)cc3)c3ccc(N(C)CCCC)cc3)cc2)cc1. The fourth-order valence-electron chi connectivity index (χ4n) is 7.70. The van der Waals surface area contributed by atoms with Crippen molar-refractivity contribution >= 4 is 56.9 Å². The summed E-state index contributed by atoms with van der Waals surface area (Å²) in [7, 11) is 4.38. The normalized spacial score (nSPS) is 11.1. The number of rotatable bonds is 24. The molecule has 0 aliphatic rings. The number of quaternary nitrogens is 2. The Morgan fingerprint density at radius 1 is 0.387 bits per heavy atom. The van der Waals surface area contributed by atoms with Gasteiger partial charge in [-0.25, -0.2) is 9.80 Å². The third kappa shape index (κ3) is 12.9. The predicted octanol–water partition coefficient (Wildman–Crippen LogP) is 12.6. The molecule has 0 bridgehead atoms. The molecule has 0 unspecified atom stereocenters. The monoisotopic (exact) mass is 827 g/mol. The maximum Gasteiger partial charge on any atom is 0.141 e. The molecule has 2 N–H and O–H groups in total. The summed E-state index contributed by atoms with van der Waals surface area (Å²) in [6.07, 6.45) is 13.0. The second-order valence-electron chi connectivity index (χ2n) is 16.1. The quantitative estimate of drug-likeness (QED) is 0.0605. The van der Waals surface area contributed by atoms with Gasteiger partial charge >= 0.3 is 0 Å². The highest BCUT2D eigenvalue weighted by atomic mass is 15.2. The molecule has 62 heavy (non-hydrogen) atoms. The first-order valence-electron chi connectivity index (χ1n) is 22.8. The van der Waals surface area contributed by atoms with E-state index in [4.69, 9.17) is 0 Å². The van der Waals surface area contributed by atoms with E-state index < -0.39 is 0 Å². The Labute approximate surface area is 374 Å². The van der Waals surface area contributed by atoms with Crippen LogP contribution in [0.3, 0.4) is 0 Å². The van der Waals surface area contributed by atoms with Gasteiger partial charge in [0.15, 0.2) is 0 Å². The van der Waals surface area contributed by atoms with Crippen molar-refractivity contribution in [1.29, 1.82) is 0 Å². The van der Waals surface area contributed by atoms with Gasteiger partial charge < -0.3 is 19.6 Å². The van der Waals surface area contributed by atoms with E-state index in [2.05, 4.69) is 219 Å². The molecule has 0 aliphatic heterocycles. The maximum absolute atomic E-state index is 3.73. The summed E-state index contributed by atoms with van der Waals surface area (Å²) >= 11 is 0. The van der Waals surface area contributed by atoms with Crippen molar-refractivity contribution in [3.8, 4) is 0 Å². The number of nitrogens with one attached hydrogen (secondary N) is 2. The largest absolute Gasteiger partial charge is 0.375 e. The molecule has 0 aromatic heterocycles. The lowest BCUT2D eigenvalue weighted by Gasteiger charge is -2.24. The highest BCUT2D eigenvalue weighted by Crippen LogP contribution is 2.26. The molecule has 6 heteroatoms. The third-order valence-electron chi connectivity index (χ3n) is 11.5. The summed E-state index contributed by atoms with van der Waals surface area (Å²) in [5.74, 6) is 0. The highest BCUT2D eigenvalue weighted by molar-refractivity contribution is 5.60. The van der Waals surface area contributed by atoms with E-state index in [1.54, 1.807) is 0 Å². The fraction of sp³-hybridized carbons (Fsp3) is 0.321. The van der Waals surface area contributed by atoms with E-state index in [9.17, 15) is 0 Å². The van der Waals surface area contributed by atoms with Crippen LogP contribution in [0.2, 0.25) is 0 Å². The van der Waals surface area contributed by atoms with Crippen LogP contribution in [0.15, 0.2) is 170 Å². The molecule has 0 amide bonds. The lowest BCUT2D eigenvalue weighted by molar-refractivity contribution is -0.684. The van der Waals surface area contributed by atoms with Crippen molar-refractivity contribution in [2.75, 3.05) is 59.9 Å². The lowest BCUT2D eigenvalue weighted by atomic mass is 10.1. The minimum Gasteiger partial charge on any atom is -0.375 e. The van der Waals surface area contributed by atoms with Crippen LogP contribution in [0.5, 0.6) is 0 Å². The Morgan fingerprint density at radius 3 is 0.887 bits per heavy atom. The fourth-order valence-corrected chi connectivity index (χ4v) is 7.70. The van der Waals surface area contributed by atoms with Gasteiger partial charge in [-0.05, 0) is 87.4 Å². The van der Waals surface area contributed by atoms with E-state index in [0.29, 0.717) is 0 Å². The molecule has 0 heterocycles. The summed E-state index contributed by atoms with van der Waals surface area (Å²) in [5, 5.41) is 0. The van der Waals surface area contributed by atoms with Crippen LogP contribution < -0.4 is 29.4 Å². The molecule has 0 aliphatic carbocycles. The number of benzene rings is 5. The zero-order valence-electron chi connectivity index (χ0n) is 38.4. The minimum absolute atomic E-state index is 0.906. The molecule has 0 saturated carbocycles. The predicted molar refractivity (Wildman–Crippen MR) is 267 cm³/mol. The van der Waals surface area contributed by atoms with Crippen molar-refractivity contribution in [1.82, 2.24) is 0 Å². The Balaban J connectivity index is 1.57. The smallest absolute Gasteiger partial charge is 0.141 e. The molecule has 6 nitrogen and oxygen atoms in total. The van der Waals surface area contributed by atoms with Crippen molar-refractivity contribution in [2.45, 2.75) is 79.1 Å². The highest BCUT2D eigenvalue weighted by Gasteiger charge is 2.24. The maximum atomic E-state index is 3.73. The summed E-state index contributed by atoms with van der Waals surface area (Å²) in [5.41, 5.74) is 23.5. The topological polar surface area (TPSA) is 21.8 Å². The van der Waals surface area contributed by atoms with Crippen molar-refractivity contribution in [3.05, 3.63) is 170 Å². The summed E-state index contributed by atoms with van der Waals surface area (Å²) in [4.78, 5) is 11.6. The van der Waals surface area contributed by atoms with Gasteiger partial charge in [-0.3, -0.25) is 0 Å². The van der Waals surface area contributed by atoms with Gasteiger partial charge in [-0.2, -0.15) is 0 Å². The van der Waals surface area contributed by atoms with Gasteiger partial charge in [0.25, 0.3) is 0 Å². The molecule has 0 atom stereocenters. The van der Waals surface area contributed by atoms with Crippen molar-refractivity contribution in [3.63, 3.8) is 0 Å². The number of unbranched alkanes of at least 4 members (excludes halogenated alkanes) is 4. The van der Waals surface area contributed by atoms with Crippen LogP contribution >= 0.6 is 0 Å². The molecule has 0 radical (unpaired) electrons. The van der Waals surface area contributed by atoms with Gasteiger partial charge in [0.2, 0.25) is 0 Å². The Bertz CT molecular complexity index is 2110. The third-order valence-corrected chi connectivity index (χ3v) is 11.5. The first kappa shape index (κ1) is 46.9. The molecule has 0 fully saturated rings. The summed E-state index contributed by atoms with van der Waals surface area (Å²) in [6, 6.07) is 45.3. The van der Waals surface area contributed by atoms with Gasteiger partial charge in [0.1, 0.15) is 34.1 Å². The second kappa shape index (κ2) is 24.9. The molecule has 5 aromatic rings. The van der Waals surface area contributed by atoms with Crippen LogP contribution in [-0.4, -0.2) is 40.3 Å². The standard InChI is InChI=1S/C56H68N6/c1-9-15-41-57(7)47-21-29-51(30-22-47)61(52-31-23-48(24-32-52)58(8)42-16-10-2)55-37-39-56(40-38-55)62(53-33-25-49(26-34-53)59(43-17-11-3)44-18-12-4)54-35-27-50(28-36-54)60(45-19-13-5)46-20-14-6/h21-40,43,45H,3,5,9-10,12,14-16,18,20,41-42,44,46H2,1-2,4,6-8H3/p+2. The first-order chi connectivity index (χ1) is 30.3. The second-order valence-corrected chi connectivity index (χ2v) is 16.1.